The number of nitrogens with zero attached hydrogens (tertiary/aromatic N) is 3. The number of aryl methyl sites for hydroxylation is 1. The summed E-state index contributed by atoms with van der Waals surface area (Å²) in [5, 5.41) is 3.86. The summed E-state index contributed by atoms with van der Waals surface area (Å²) in [7, 11) is 0. The maximum absolute atomic E-state index is 12.1. The summed E-state index contributed by atoms with van der Waals surface area (Å²) in [4.78, 5) is 24.8. The summed E-state index contributed by atoms with van der Waals surface area (Å²) in [6, 6.07) is 11.1. The molecule has 0 fully saturated rings. The Morgan fingerprint density at radius 2 is 2.08 bits per heavy atom. The van der Waals surface area contributed by atoms with Crippen molar-refractivity contribution < 1.29 is 9.53 Å². The lowest BCUT2D eigenvalue weighted by Gasteiger charge is -2.03. The lowest BCUT2D eigenvalue weighted by atomic mass is 10.2. The third kappa shape index (κ3) is 4.27. The van der Waals surface area contributed by atoms with Crippen LogP contribution in [0.2, 0.25) is 5.15 Å². The molecule has 0 saturated carbocycles. The minimum absolute atomic E-state index is 0.223. The highest BCUT2D eigenvalue weighted by molar-refractivity contribution is 7.17. The van der Waals surface area contributed by atoms with E-state index >= 15 is 0 Å². The average molecular weight is 361 g/mol. The van der Waals surface area contributed by atoms with E-state index in [-0.39, 0.29) is 6.61 Å². The molecule has 8 heteroatoms. The van der Waals surface area contributed by atoms with Crippen LogP contribution in [-0.4, -0.2) is 20.9 Å². The smallest absolute Gasteiger partial charge is 0.350 e. The number of hydrogen-bond donors (Lipinski definition) is 1. The van der Waals surface area contributed by atoms with Crippen LogP contribution in [0.1, 0.15) is 21.1 Å². The Kier molecular flexibility index (Phi) is 5.02. The van der Waals surface area contributed by atoms with Crippen molar-refractivity contribution in [2.24, 2.45) is 0 Å². The molecule has 0 amide bonds. The van der Waals surface area contributed by atoms with Gasteiger partial charge in [-0.25, -0.2) is 19.7 Å². The molecule has 3 aromatic rings. The highest BCUT2D eigenvalue weighted by Crippen LogP contribution is 2.23. The standard InChI is InChI=1S/C16H13ClN4O2S/c1-10-19-13(17)7-14(20-10)21-16-18-8-12(24-16)15(22)23-9-11-5-3-2-4-6-11/h2-8H,9H2,1H3,(H,18,19,20,21). The van der Waals surface area contributed by atoms with Crippen molar-refractivity contribution in [3.63, 3.8) is 0 Å². The number of anilines is 2. The highest BCUT2D eigenvalue weighted by atomic mass is 35.5. The summed E-state index contributed by atoms with van der Waals surface area (Å²) in [6.07, 6.45) is 1.47. The van der Waals surface area contributed by atoms with E-state index in [1.54, 1.807) is 13.0 Å². The van der Waals surface area contributed by atoms with E-state index in [1.165, 1.54) is 17.5 Å². The van der Waals surface area contributed by atoms with E-state index in [1.807, 2.05) is 30.3 Å². The minimum Gasteiger partial charge on any atom is -0.457 e. The van der Waals surface area contributed by atoms with Gasteiger partial charge in [0.2, 0.25) is 0 Å². The molecule has 1 aromatic carbocycles. The number of thiazole rings is 1. The molecule has 3 rings (SSSR count). The van der Waals surface area contributed by atoms with Crippen molar-refractivity contribution in [1.29, 1.82) is 0 Å². The predicted molar refractivity (Wildman–Crippen MR) is 92.7 cm³/mol. The fourth-order valence-corrected chi connectivity index (χ4v) is 2.87. The molecule has 0 aliphatic rings. The second-order valence-corrected chi connectivity index (χ2v) is 6.26. The number of carbonyl (C=O) groups is 1. The summed E-state index contributed by atoms with van der Waals surface area (Å²) in [5.74, 6) is 0.649. The van der Waals surface area contributed by atoms with Gasteiger partial charge in [0.25, 0.3) is 0 Å². The van der Waals surface area contributed by atoms with Crippen LogP contribution in [0.3, 0.4) is 0 Å². The molecule has 0 unspecified atom stereocenters. The SMILES string of the molecule is Cc1nc(Cl)cc(Nc2ncc(C(=O)OCc3ccccc3)s2)n1. The van der Waals surface area contributed by atoms with E-state index < -0.39 is 5.97 Å². The first-order chi connectivity index (χ1) is 11.6. The van der Waals surface area contributed by atoms with Crippen molar-refractivity contribution in [3.05, 3.63) is 64.0 Å². The topological polar surface area (TPSA) is 77.0 Å². The molecule has 0 aliphatic heterocycles. The number of esters is 1. The number of rotatable bonds is 5. The number of hydrogen-bond acceptors (Lipinski definition) is 7. The summed E-state index contributed by atoms with van der Waals surface area (Å²) in [6.45, 7) is 1.96. The van der Waals surface area contributed by atoms with Crippen LogP contribution in [0.4, 0.5) is 10.9 Å². The molecule has 0 spiro atoms. The molecule has 2 aromatic heterocycles. The molecule has 2 heterocycles. The van der Waals surface area contributed by atoms with Gasteiger partial charge in [-0.2, -0.15) is 0 Å². The summed E-state index contributed by atoms with van der Waals surface area (Å²) >= 11 is 7.07. The molecule has 0 aliphatic carbocycles. The maximum Gasteiger partial charge on any atom is 0.350 e. The first-order valence-corrected chi connectivity index (χ1v) is 8.25. The van der Waals surface area contributed by atoms with Crippen LogP contribution >= 0.6 is 22.9 Å². The summed E-state index contributed by atoms with van der Waals surface area (Å²) < 4.78 is 5.27. The molecule has 1 N–H and O–H groups in total. The number of halogens is 1. The Hall–Kier alpha value is -2.51. The van der Waals surface area contributed by atoms with Gasteiger partial charge in [-0.15, -0.1) is 0 Å². The normalized spacial score (nSPS) is 10.4. The zero-order valence-corrected chi connectivity index (χ0v) is 14.3. The molecule has 0 saturated heterocycles. The minimum atomic E-state index is -0.415. The Labute approximate surface area is 147 Å². The number of nitrogens with one attached hydrogen (secondary N) is 1. The van der Waals surface area contributed by atoms with E-state index in [0.717, 1.165) is 5.56 Å². The van der Waals surface area contributed by atoms with Gasteiger partial charge in [0.15, 0.2) is 5.13 Å². The number of benzene rings is 1. The van der Waals surface area contributed by atoms with Crippen molar-refractivity contribution in [2.45, 2.75) is 13.5 Å². The van der Waals surface area contributed by atoms with Crippen LogP contribution in [0, 0.1) is 6.92 Å². The Balaban J connectivity index is 1.63. The zero-order chi connectivity index (χ0) is 16.9. The maximum atomic E-state index is 12.1. The van der Waals surface area contributed by atoms with Gasteiger partial charge in [0.1, 0.15) is 28.3 Å². The molecular weight excluding hydrogens is 348 g/mol. The van der Waals surface area contributed by atoms with Gasteiger partial charge in [-0.3, -0.25) is 0 Å². The fourth-order valence-electron chi connectivity index (χ4n) is 1.93. The highest BCUT2D eigenvalue weighted by Gasteiger charge is 2.13. The van der Waals surface area contributed by atoms with Gasteiger partial charge in [-0.05, 0) is 12.5 Å². The molecule has 24 heavy (non-hydrogen) atoms. The monoisotopic (exact) mass is 360 g/mol. The van der Waals surface area contributed by atoms with Crippen LogP contribution in [-0.2, 0) is 11.3 Å². The van der Waals surface area contributed by atoms with Crippen molar-refractivity contribution >= 4 is 39.9 Å². The molecule has 0 radical (unpaired) electrons. The molecule has 6 nitrogen and oxygen atoms in total. The summed E-state index contributed by atoms with van der Waals surface area (Å²) in [5.41, 5.74) is 0.930. The number of carbonyl (C=O) groups excluding carboxylic acids is 1. The van der Waals surface area contributed by atoms with Crippen LogP contribution in [0.15, 0.2) is 42.6 Å². The lowest BCUT2D eigenvalue weighted by Crippen LogP contribution is -2.02. The second-order valence-electron chi connectivity index (χ2n) is 4.84. The van der Waals surface area contributed by atoms with Crippen LogP contribution in [0.5, 0.6) is 0 Å². The molecular formula is C16H13ClN4O2S. The van der Waals surface area contributed by atoms with Gasteiger partial charge >= 0.3 is 5.97 Å². The van der Waals surface area contributed by atoms with Crippen LogP contribution in [0.25, 0.3) is 0 Å². The Bertz CT molecular complexity index is 834. The molecule has 0 atom stereocenters. The zero-order valence-electron chi connectivity index (χ0n) is 12.7. The predicted octanol–water partition coefficient (Wildman–Crippen LogP) is 4.00. The van der Waals surface area contributed by atoms with E-state index in [9.17, 15) is 4.79 Å². The van der Waals surface area contributed by atoms with Gasteiger partial charge < -0.3 is 10.1 Å². The van der Waals surface area contributed by atoms with Crippen molar-refractivity contribution in [1.82, 2.24) is 15.0 Å². The first kappa shape index (κ1) is 16.4. The van der Waals surface area contributed by atoms with Crippen molar-refractivity contribution in [2.75, 3.05) is 5.32 Å². The average Bonchev–Trinajstić information content (AvgIpc) is 3.01. The fraction of sp³-hybridized carbons (Fsp3) is 0.125. The second kappa shape index (κ2) is 7.37. The molecule has 0 bridgehead atoms. The Morgan fingerprint density at radius 3 is 2.83 bits per heavy atom. The third-order valence-corrected chi connectivity index (χ3v) is 4.05. The van der Waals surface area contributed by atoms with E-state index in [2.05, 4.69) is 20.3 Å². The number of ether oxygens (including phenoxy) is 1. The van der Waals surface area contributed by atoms with E-state index in [4.69, 9.17) is 16.3 Å². The quantitative estimate of drug-likeness (QED) is 0.547. The van der Waals surface area contributed by atoms with Gasteiger partial charge in [0, 0.05) is 6.07 Å². The molecule has 122 valence electrons. The van der Waals surface area contributed by atoms with Gasteiger partial charge in [0.05, 0.1) is 6.20 Å². The third-order valence-electron chi connectivity index (χ3n) is 2.96. The Morgan fingerprint density at radius 1 is 1.29 bits per heavy atom. The van der Waals surface area contributed by atoms with Crippen LogP contribution < -0.4 is 5.32 Å². The lowest BCUT2D eigenvalue weighted by molar-refractivity contribution is 0.0478. The first-order valence-electron chi connectivity index (χ1n) is 7.05. The van der Waals surface area contributed by atoms with Crippen molar-refractivity contribution in [3.8, 4) is 0 Å². The van der Waals surface area contributed by atoms with Gasteiger partial charge in [-0.1, -0.05) is 53.3 Å². The largest absolute Gasteiger partial charge is 0.457 e. The van der Waals surface area contributed by atoms with E-state index in [0.29, 0.717) is 26.8 Å². The number of aromatic nitrogens is 3.